The average molecular weight is 170 g/mol. The lowest BCUT2D eigenvalue weighted by Gasteiger charge is -2.22. The molecule has 0 unspecified atom stereocenters. The van der Waals surface area contributed by atoms with Crippen LogP contribution >= 0.6 is 0 Å². The Kier molecular flexibility index (Phi) is 4.40. The van der Waals surface area contributed by atoms with Crippen LogP contribution in [0.15, 0.2) is 12.3 Å². The van der Waals surface area contributed by atoms with Crippen LogP contribution in [0.1, 0.15) is 13.8 Å². The van der Waals surface area contributed by atoms with Crippen LogP contribution in [-0.2, 0) is 4.79 Å². The first-order valence-corrected chi connectivity index (χ1v) is 4.03. The number of hydrogen-bond acceptors (Lipinski definition) is 2. The molecule has 1 amide bonds. The van der Waals surface area contributed by atoms with Crippen molar-refractivity contribution in [3.63, 3.8) is 0 Å². The quantitative estimate of drug-likeness (QED) is 0.626. The fraction of sp³-hybridized carbons (Fsp3) is 0.667. The summed E-state index contributed by atoms with van der Waals surface area (Å²) in [4.78, 5) is 14.5. The van der Waals surface area contributed by atoms with Gasteiger partial charge in [0.1, 0.15) is 0 Å². The molecular weight excluding hydrogens is 152 g/mol. The Labute approximate surface area is 74.7 Å². The largest absolute Gasteiger partial charge is 0.377 e. The van der Waals surface area contributed by atoms with Crippen molar-refractivity contribution in [3.05, 3.63) is 12.3 Å². The smallest absolute Gasteiger partial charge is 0.219 e. The standard InChI is InChI=1S/C9H18N2O/c1-8(2)10(4)6-7-11(5)9(3)12/h1,6-7H2,2-5H3. The predicted octanol–water partition coefficient (Wildman–Crippen LogP) is 0.930. The first kappa shape index (κ1) is 11.0. The summed E-state index contributed by atoms with van der Waals surface area (Å²) < 4.78 is 0. The van der Waals surface area contributed by atoms with Crippen molar-refractivity contribution < 1.29 is 4.79 Å². The van der Waals surface area contributed by atoms with E-state index in [2.05, 4.69) is 6.58 Å². The zero-order chi connectivity index (χ0) is 9.72. The summed E-state index contributed by atoms with van der Waals surface area (Å²) >= 11 is 0. The molecule has 0 saturated carbocycles. The molecule has 70 valence electrons. The van der Waals surface area contributed by atoms with Gasteiger partial charge in [-0.15, -0.1) is 0 Å². The van der Waals surface area contributed by atoms with E-state index in [-0.39, 0.29) is 5.91 Å². The molecule has 0 aromatic heterocycles. The summed E-state index contributed by atoms with van der Waals surface area (Å²) in [5.74, 6) is 0.102. The van der Waals surface area contributed by atoms with E-state index in [9.17, 15) is 4.79 Å². The molecule has 3 heteroatoms. The van der Waals surface area contributed by atoms with Crippen molar-refractivity contribution in [1.82, 2.24) is 9.80 Å². The van der Waals surface area contributed by atoms with E-state index >= 15 is 0 Å². The van der Waals surface area contributed by atoms with Gasteiger partial charge in [0.25, 0.3) is 0 Å². The molecule has 0 spiro atoms. The molecule has 0 fully saturated rings. The summed E-state index contributed by atoms with van der Waals surface area (Å²) in [6.45, 7) is 8.91. The fourth-order valence-electron chi connectivity index (χ4n) is 0.648. The Morgan fingerprint density at radius 3 is 1.92 bits per heavy atom. The van der Waals surface area contributed by atoms with Crippen LogP contribution in [-0.4, -0.2) is 42.9 Å². The minimum absolute atomic E-state index is 0.102. The van der Waals surface area contributed by atoms with E-state index < -0.39 is 0 Å². The highest BCUT2D eigenvalue weighted by atomic mass is 16.2. The molecule has 0 radical (unpaired) electrons. The average Bonchev–Trinajstić information content (AvgIpc) is 1.98. The SMILES string of the molecule is C=C(C)N(C)CCN(C)C(C)=O. The molecule has 0 rings (SSSR count). The van der Waals surface area contributed by atoms with Gasteiger partial charge in [0.05, 0.1) is 0 Å². The number of rotatable bonds is 4. The highest BCUT2D eigenvalue weighted by Gasteiger charge is 2.02. The van der Waals surface area contributed by atoms with E-state index in [1.807, 2.05) is 18.9 Å². The Morgan fingerprint density at radius 1 is 1.17 bits per heavy atom. The minimum atomic E-state index is 0.102. The number of carbonyl (C=O) groups excluding carboxylic acids is 1. The zero-order valence-electron chi connectivity index (χ0n) is 8.42. The maximum Gasteiger partial charge on any atom is 0.219 e. The van der Waals surface area contributed by atoms with Gasteiger partial charge in [-0.1, -0.05) is 6.58 Å². The highest BCUT2D eigenvalue weighted by molar-refractivity contribution is 5.72. The first-order chi connectivity index (χ1) is 5.45. The van der Waals surface area contributed by atoms with E-state index in [4.69, 9.17) is 0 Å². The van der Waals surface area contributed by atoms with Crippen molar-refractivity contribution in [2.24, 2.45) is 0 Å². The van der Waals surface area contributed by atoms with E-state index in [1.54, 1.807) is 18.9 Å². The van der Waals surface area contributed by atoms with Gasteiger partial charge in [-0.05, 0) is 6.92 Å². The molecule has 0 bridgehead atoms. The van der Waals surface area contributed by atoms with Crippen molar-refractivity contribution in [2.75, 3.05) is 27.2 Å². The van der Waals surface area contributed by atoms with Crippen molar-refractivity contribution in [2.45, 2.75) is 13.8 Å². The van der Waals surface area contributed by atoms with E-state index in [1.165, 1.54) is 0 Å². The molecule has 0 atom stereocenters. The number of amides is 1. The van der Waals surface area contributed by atoms with Crippen LogP contribution in [0.2, 0.25) is 0 Å². The molecule has 0 saturated heterocycles. The summed E-state index contributed by atoms with van der Waals surface area (Å²) in [7, 11) is 3.77. The van der Waals surface area contributed by atoms with Gasteiger partial charge in [0.2, 0.25) is 5.91 Å². The maximum atomic E-state index is 10.8. The Morgan fingerprint density at radius 2 is 1.58 bits per heavy atom. The molecule has 0 aromatic rings. The lowest BCUT2D eigenvalue weighted by molar-refractivity contribution is -0.127. The number of likely N-dealkylation sites (N-methyl/N-ethyl adjacent to an activating group) is 2. The summed E-state index contributed by atoms with van der Waals surface area (Å²) in [5, 5.41) is 0. The van der Waals surface area contributed by atoms with Crippen LogP contribution in [0, 0.1) is 0 Å². The first-order valence-electron chi connectivity index (χ1n) is 4.03. The lowest BCUT2D eigenvalue weighted by atomic mass is 10.4. The molecular formula is C9H18N2O. The number of carbonyl (C=O) groups is 1. The Bertz CT molecular complexity index is 157. The monoisotopic (exact) mass is 170 g/mol. The molecule has 0 aliphatic carbocycles. The van der Waals surface area contributed by atoms with Gasteiger partial charge in [0.15, 0.2) is 0 Å². The van der Waals surface area contributed by atoms with Gasteiger partial charge >= 0.3 is 0 Å². The molecule has 0 aromatic carbocycles. The van der Waals surface area contributed by atoms with Crippen LogP contribution < -0.4 is 0 Å². The van der Waals surface area contributed by atoms with Gasteiger partial charge in [0, 0.05) is 39.8 Å². The third kappa shape index (κ3) is 4.01. The van der Waals surface area contributed by atoms with Crippen molar-refractivity contribution >= 4 is 5.91 Å². The minimum Gasteiger partial charge on any atom is -0.377 e. The Balaban J connectivity index is 3.68. The second-order valence-electron chi connectivity index (χ2n) is 3.10. The molecule has 0 aliphatic rings. The van der Waals surface area contributed by atoms with Crippen molar-refractivity contribution in [1.29, 1.82) is 0 Å². The summed E-state index contributed by atoms with van der Waals surface area (Å²) in [5.41, 5.74) is 1.02. The third-order valence-corrected chi connectivity index (χ3v) is 1.96. The second kappa shape index (κ2) is 4.80. The van der Waals surface area contributed by atoms with Gasteiger partial charge in [-0.3, -0.25) is 4.79 Å². The summed E-state index contributed by atoms with van der Waals surface area (Å²) in [6, 6.07) is 0. The normalized spacial score (nSPS) is 9.33. The van der Waals surface area contributed by atoms with Crippen LogP contribution in [0.25, 0.3) is 0 Å². The molecule has 0 heterocycles. The zero-order valence-corrected chi connectivity index (χ0v) is 8.42. The predicted molar refractivity (Wildman–Crippen MR) is 50.8 cm³/mol. The number of hydrogen-bond donors (Lipinski definition) is 0. The van der Waals surface area contributed by atoms with Crippen molar-refractivity contribution in [3.8, 4) is 0 Å². The number of nitrogens with zero attached hydrogens (tertiary/aromatic N) is 2. The fourth-order valence-corrected chi connectivity index (χ4v) is 0.648. The Hall–Kier alpha value is -0.990. The topological polar surface area (TPSA) is 23.6 Å². The van der Waals surface area contributed by atoms with Gasteiger partial charge < -0.3 is 9.80 Å². The lowest BCUT2D eigenvalue weighted by Crippen LogP contribution is -2.32. The summed E-state index contributed by atoms with van der Waals surface area (Å²) in [6.07, 6.45) is 0. The second-order valence-corrected chi connectivity index (χ2v) is 3.10. The molecule has 3 nitrogen and oxygen atoms in total. The van der Waals surface area contributed by atoms with E-state index in [0.717, 1.165) is 18.8 Å². The molecule has 0 N–H and O–H groups in total. The van der Waals surface area contributed by atoms with Crippen LogP contribution in [0.4, 0.5) is 0 Å². The number of allylic oxidation sites excluding steroid dienone is 1. The third-order valence-electron chi connectivity index (χ3n) is 1.96. The van der Waals surface area contributed by atoms with E-state index in [0.29, 0.717) is 0 Å². The van der Waals surface area contributed by atoms with Crippen LogP contribution in [0.5, 0.6) is 0 Å². The van der Waals surface area contributed by atoms with Crippen LogP contribution in [0.3, 0.4) is 0 Å². The molecule has 12 heavy (non-hydrogen) atoms. The van der Waals surface area contributed by atoms with Gasteiger partial charge in [-0.2, -0.15) is 0 Å². The highest BCUT2D eigenvalue weighted by Crippen LogP contribution is 1.95. The maximum absolute atomic E-state index is 10.8. The molecule has 0 aliphatic heterocycles. The van der Waals surface area contributed by atoms with Gasteiger partial charge in [-0.25, -0.2) is 0 Å².